The summed E-state index contributed by atoms with van der Waals surface area (Å²) in [5.41, 5.74) is 0.831. The van der Waals surface area contributed by atoms with Crippen LogP contribution in [-0.4, -0.2) is 54.6 Å². The number of hydrogen-bond acceptors (Lipinski definition) is 6. The molecule has 1 aliphatic heterocycles. The number of nitrogens with one attached hydrogen (secondary N) is 1. The highest BCUT2D eigenvalue weighted by Gasteiger charge is 2.33. The summed E-state index contributed by atoms with van der Waals surface area (Å²) in [5.74, 6) is 2.06. The lowest BCUT2D eigenvalue weighted by atomic mass is 10.2. The Morgan fingerprint density at radius 3 is 2.88 bits per heavy atom. The molecule has 7 heteroatoms. The highest BCUT2D eigenvalue weighted by atomic mass is 16.5. The van der Waals surface area contributed by atoms with E-state index in [1.165, 1.54) is 0 Å². The molecule has 1 unspecified atom stereocenters. The van der Waals surface area contributed by atoms with Crippen molar-refractivity contribution in [2.24, 2.45) is 0 Å². The van der Waals surface area contributed by atoms with Crippen molar-refractivity contribution in [2.45, 2.75) is 18.9 Å². The quantitative estimate of drug-likeness (QED) is 0.900. The lowest BCUT2D eigenvalue weighted by Crippen LogP contribution is -2.43. The van der Waals surface area contributed by atoms with Gasteiger partial charge in [0, 0.05) is 26.8 Å². The fourth-order valence-corrected chi connectivity index (χ4v) is 3.00. The molecule has 0 radical (unpaired) electrons. The van der Waals surface area contributed by atoms with Gasteiger partial charge in [0.25, 0.3) is 0 Å². The van der Waals surface area contributed by atoms with E-state index in [1.807, 2.05) is 29.2 Å². The zero-order chi connectivity index (χ0) is 17.8. The van der Waals surface area contributed by atoms with Crippen LogP contribution in [0.5, 0.6) is 5.75 Å². The van der Waals surface area contributed by atoms with E-state index in [1.54, 1.807) is 38.4 Å². The maximum Gasteiger partial charge on any atom is 0.244 e. The van der Waals surface area contributed by atoms with Crippen molar-refractivity contribution in [1.82, 2.24) is 14.9 Å². The van der Waals surface area contributed by atoms with Gasteiger partial charge in [-0.25, -0.2) is 4.98 Å². The molecule has 1 atom stereocenters. The van der Waals surface area contributed by atoms with Crippen LogP contribution < -0.4 is 15.0 Å². The van der Waals surface area contributed by atoms with Crippen LogP contribution in [0.2, 0.25) is 0 Å². The molecule has 7 nitrogen and oxygen atoms in total. The molecule has 0 spiro atoms. The van der Waals surface area contributed by atoms with Gasteiger partial charge in [0.1, 0.15) is 17.6 Å². The number of nitrogens with zero attached hydrogens (tertiary/aromatic N) is 4. The third-order valence-electron chi connectivity index (χ3n) is 4.25. The van der Waals surface area contributed by atoms with Crippen LogP contribution >= 0.6 is 0 Å². The minimum Gasteiger partial charge on any atom is -0.495 e. The fraction of sp³-hybridized carbons (Fsp3) is 0.389. The first-order valence-corrected chi connectivity index (χ1v) is 8.31. The van der Waals surface area contributed by atoms with Crippen LogP contribution in [0.25, 0.3) is 0 Å². The predicted molar refractivity (Wildman–Crippen MR) is 97.4 cm³/mol. The molecular weight excluding hydrogens is 318 g/mol. The van der Waals surface area contributed by atoms with E-state index in [-0.39, 0.29) is 11.9 Å². The summed E-state index contributed by atoms with van der Waals surface area (Å²) >= 11 is 0. The molecule has 1 saturated heterocycles. The van der Waals surface area contributed by atoms with Crippen LogP contribution in [0.3, 0.4) is 0 Å². The maximum atomic E-state index is 12.4. The zero-order valence-electron chi connectivity index (χ0n) is 14.8. The van der Waals surface area contributed by atoms with Gasteiger partial charge >= 0.3 is 0 Å². The number of para-hydroxylation sites is 2. The SMILES string of the molecule is COc1ccccc1Nc1ccnc(N2CCCC2C(=O)N(C)C)n1. The standard InChI is InChI=1S/C18H23N5O2/c1-22(2)17(24)14-8-6-12-23(14)18-19-11-10-16(21-18)20-13-7-4-5-9-15(13)25-3/h4-5,7,9-11,14H,6,8,12H2,1-3H3,(H,19,20,21). The van der Waals surface area contributed by atoms with E-state index >= 15 is 0 Å². The van der Waals surface area contributed by atoms with E-state index in [0.717, 1.165) is 30.8 Å². The first kappa shape index (κ1) is 17.0. The monoisotopic (exact) mass is 341 g/mol. The van der Waals surface area contributed by atoms with Crippen molar-refractivity contribution in [1.29, 1.82) is 0 Å². The van der Waals surface area contributed by atoms with Crippen LogP contribution in [0.4, 0.5) is 17.5 Å². The average molecular weight is 341 g/mol. The number of carbonyl (C=O) groups excluding carboxylic acids is 1. The van der Waals surface area contributed by atoms with Crippen molar-refractivity contribution in [2.75, 3.05) is 38.0 Å². The molecule has 1 aromatic carbocycles. The van der Waals surface area contributed by atoms with E-state index in [0.29, 0.717) is 11.8 Å². The Labute approximate surface area is 147 Å². The molecule has 25 heavy (non-hydrogen) atoms. The molecule has 2 aromatic rings. The van der Waals surface area contributed by atoms with E-state index in [9.17, 15) is 4.79 Å². The summed E-state index contributed by atoms with van der Waals surface area (Å²) in [5, 5.41) is 3.26. The number of anilines is 3. The maximum absolute atomic E-state index is 12.4. The summed E-state index contributed by atoms with van der Waals surface area (Å²) in [7, 11) is 5.19. The topological polar surface area (TPSA) is 70.6 Å². The second-order valence-corrected chi connectivity index (χ2v) is 6.15. The summed E-state index contributed by atoms with van der Waals surface area (Å²) < 4.78 is 5.36. The van der Waals surface area contributed by atoms with Crippen LogP contribution in [0, 0.1) is 0 Å². The number of carbonyl (C=O) groups is 1. The van der Waals surface area contributed by atoms with Crippen LogP contribution in [-0.2, 0) is 4.79 Å². The Morgan fingerprint density at radius 1 is 1.32 bits per heavy atom. The Kier molecular flexibility index (Phi) is 5.02. The molecule has 1 N–H and O–H groups in total. The lowest BCUT2D eigenvalue weighted by molar-refractivity contribution is -0.129. The summed E-state index contributed by atoms with van der Waals surface area (Å²) in [4.78, 5) is 25.0. The Morgan fingerprint density at radius 2 is 2.12 bits per heavy atom. The number of methoxy groups -OCH3 is 1. The highest BCUT2D eigenvalue weighted by Crippen LogP contribution is 2.28. The minimum atomic E-state index is -0.198. The molecule has 0 saturated carbocycles. The first-order valence-electron chi connectivity index (χ1n) is 8.31. The molecule has 0 aliphatic carbocycles. The Hall–Kier alpha value is -2.83. The molecule has 1 aliphatic rings. The number of aromatic nitrogens is 2. The van der Waals surface area contributed by atoms with Crippen molar-refractivity contribution in [3.63, 3.8) is 0 Å². The fourth-order valence-electron chi connectivity index (χ4n) is 3.00. The van der Waals surface area contributed by atoms with Crippen molar-refractivity contribution >= 4 is 23.4 Å². The highest BCUT2D eigenvalue weighted by molar-refractivity contribution is 5.85. The van der Waals surface area contributed by atoms with Crippen molar-refractivity contribution in [3.05, 3.63) is 36.5 Å². The lowest BCUT2D eigenvalue weighted by Gasteiger charge is -2.26. The van der Waals surface area contributed by atoms with Gasteiger partial charge in [0.15, 0.2) is 0 Å². The minimum absolute atomic E-state index is 0.0872. The van der Waals surface area contributed by atoms with Gasteiger partial charge in [-0.05, 0) is 31.0 Å². The van der Waals surface area contributed by atoms with Crippen LogP contribution in [0.1, 0.15) is 12.8 Å². The smallest absolute Gasteiger partial charge is 0.244 e. The molecule has 1 aromatic heterocycles. The molecule has 132 valence electrons. The zero-order valence-corrected chi connectivity index (χ0v) is 14.8. The number of benzene rings is 1. The third kappa shape index (κ3) is 3.65. The molecule has 1 fully saturated rings. The molecular formula is C18H23N5O2. The summed E-state index contributed by atoms with van der Waals surface area (Å²) in [6, 6.07) is 9.26. The number of rotatable bonds is 5. The first-order chi connectivity index (χ1) is 12.1. The number of ether oxygens (including phenoxy) is 1. The summed E-state index contributed by atoms with van der Waals surface area (Å²) in [6.45, 7) is 0.780. The van der Waals surface area contributed by atoms with Crippen LogP contribution in [0.15, 0.2) is 36.5 Å². The van der Waals surface area contributed by atoms with Gasteiger partial charge in [0.2, 0.25) is 11.9 Å². The van der Waals surface area contributed by atoms with Gasteiger partial charge in [-0.1, -0.05) is 12.1 Å². The van der Waals surface area contributed by atoms with Gasteiger partial charge in [0.05, 0.1) is 12.8 Å². The van der Waals surface area contributed by atoms with Crippen molar-refractivity contribution in [3.8, 4) is 5.75 Å². The van der Waals surface area contributed by atoms with Gasteiger partial charge in [-0.2, -0.15) is 4.98 Å². The van der Waals surface area contributed by atoms with Gasteiger partial charge in [-0.15, -0.1) is 0 Å². The van der Waals surface area contributed by atoms with Gasteiger partial charge < -0.3 is 19.9 Å². The third-order valence-corrected chi connectivity index (χ3v) is 4.25. The Bertz CT molecular complexity index is 750. The molecule has 1 amide bonds. The summed E-state index contributed by atoms with van der Waals surface area (Å²) in [6.07, 6.45) is 3.48. The molecule has 3 rings (SSSR count). The largest absolute Gasteiger partial charge is 0.495 e. The average Bonchev–Trinajstić information content (AvgIpc) is 3.11. The molecule has 2 heterocycles. The normalized spacial score (nSPS) is 16.6. The van der Waals surface area contributed by atoms with E-state index in [4.69, 9.17) is 4.74 Å². The molecule has 0 bridgehead atoms. The second kappa shape index (κ2) is 7.38. The Balaban J connectivity index is 1.83. The number of amides is 1. The predicted octanol–water partition coefficient (Wildman–Crippen LogP) is 2.29. The van der Waals surface area contributed by atoms with Gasteiger partial charge in [-0.3, -0.25) is 4.79 Å². The number of hydrogen-bond donors (Lipinski definition) is 1. The van der Waals surface area contributed by atoms with Crippen molar-refractivity contribution < 1.29 is 9.53 Å². The second-order valence-electron chi connectivity index (χ2n) is 6.15. The number of likely N-dealkylation sites (N-methyl/N-ethyl adjacent to an activating group) is 1. The van der Waals surface area contributed by atoms with E-state index < -0.39 is 0 Å². The van der Waals surface area contributed by atoms with E-state index in [2.05, 4.69) is 15.3 Å².